The molecule has 0 atom stereocenters. The second-order valence-corrected chi connectivity index (χ2v) is 8.40. The molecule has 1 amide bonds. The lowest BCUT2D eigenvalue weighted by atomic mass is 9.95. The van der Waals surface area contributed by atoms with Crippen molar-refractivity contribution < 1.29 is 9.21 Å². The van der Waals surface area contributed by atoms with Crippen LogP contribution in [0.2, 0.25) is 0 Å². The molecule has 5 rings (SSSR count). The van der Waals surface area contributed by atoms with Gasteiger partial charge in [0.1, 0.15) is 5.82 Å². The van der Waals surface area contributed by atoms with E-state index in [0.29, 0.717) is 47.9 Å². The fourth-order valence-electron chi connectivity index (χ4n) is 4.10. The summed E-state index contributed by atoms with van der Waals surface area (Å²) in [7, 11) is 0. The van der Waals surface area contributed by atoms with Crippen LogP contribution in [0.3, 0.4) is 0 Å². The van der Waals surface area contributed by atoms with E-state index in [4.69, 9.17) is 4.42 Å². The van der Waals surface area contributed by atoms with E-state index in [1.807, 2.05) is 48.5 Å². The van der Waals surface area contributed by atoms with E-state index in [2.05, 4.69) is 25.5 Å². The van der Waals surface area contributed by atoms with Crippen LogP contribution in [0.5, 0.6) is 0 Å². The predicted octanol–water partition coefficient (Wildman–Crippen LogP) is 4.43. The van der Waals surface area contributed by atoms with Gasteiger partial charge in [-0.25, -0.2) is 4.98 Å². The van der Waals surface area contributed by atoms with Gasteiger partial charge in [0, 0.05) is 24.4 Å². The van der Waals surface area contributed by atoms with E-state index in [1.165, 1.54) is 25.7 Å². The molecule has 1 aliphatic rings. The highest BCUT2D eigenvalue weighted by Gasteiger charge is 2.15. The molecular weight excluding hydrogens is 430 g/mol. The van der Waals surface area contributed by atoms with Crippen LogP contribution < -0.4 is 10.9 Å². The normalized spacial score (nSPS) is 13.8. The molecular formula is C26H29N5O3. The number of aryl methyl sites for hydroxylation is 1. The molecule has 0 spiro atoms. The second kappa shape index (κ2) is 11.9. The summed E-state index contributed by atoms with van der Waals surface area (Å²) in [4.78, 5) is 31.2. The first-order valence-corrected chi connectivity index (χ1v) is 11.8. The molecule has 8 heteroatoms. The van der Waals surface area contributed by atoms with Crippen molar-refractivity contribution in [3.8, 4) is 11.5 Å². The van der Waals surface area contributed by atoms with Crippen LogP contribution >= 0.6 is 0 Å². The molecule has 34 heavy (non-hydrogen) atoms. The van der Waals surface area contributed by atoms with Crippen molar-refractivity contribution in [1.82, 2.24) is 25.5 Å². The van der Waals surface area contributed by atoms with Crippen molar-refractivity contribution in [1.29, 1.82) is 0 Å². The third-order valence-corrected chi connectivity index (χ3v) is 5.83. The monoisotopic (exact) mass is 459 g/mol. The zero-order chi connectivity index (χ0) is 23.6. The Hall–Kier alpha value is -3.81. The maximum Gasteiger partial charge on any atom is 0.258 e. The summed E-state index contributed by atoms with van der Waals surface area (Å²) in [5, 5.41) is 11.1. The lowest BCUT2D eigenvalue weighted by Gasteiger charge is -2.22. The number of aromatic amines is 1. The largest absolute Gasteiger partial charge is 0.423 e. The molecule has 176 valence electrons. The highest BCUT2D eigenvalue weighted by molar-refractivity contribution is 5.77. The average Bonchev–Trinajstić information content (AvgIpc) is 3.41. The number of nitrogens with zero attached hydrogens (tertiary/aromatic N) is 3. The number of benzene rings is 2. The fraction of sp³-hybridized carbons (Fsp3) is 0.346. The molecule has 4 aromatic rings. The fourth-order valence-corrected chi connectivity index (χ4v) is 4.10. The van der Waals surface area contributed by atoms with Crippen LogP contribution in [-0.2, 0) is 11.2 Å². The lowest BCUT2D eigenvalue weighted by molar-refractivity contribution is -0.122. The molecule has 2 aromatic carbocycles. The summed E-state index contributed by atoms with van der Waals surface area (Å²) >= 11 is 0. The number of nitrogens with one attached hydrogen (secondary N) is 2. The first-order chi connectivity index (χ1) is 16.7. The van der Waals surface area contributed by atoms with E-state index in [1.54, 1.807) is 6.07 Å². The number of aromatic nitrogens is 4. The number of H-pyrrole nitrogens is 1. The second-order valence-electron chi connectivity index (χ2n) is 8.40. The number of hydrogen-bond acceptors (Lipinski definition) is 6. The van der Waals surface area contributed by atoms with Gasteiger partial charge in [-0.15, -0.1) is 10.2 Å². The van der Waals surface area contributed by atoms with E-state index < -0.39 is 0 Å². The van der Waals surface area contributed by atoms with Gasteiger partial charge in [-0.2, -0.15) is 0 Å². The van der Waals surface area contributed by atoms with Gasteiger partial charge in [0.2, 0.25) is 18.2 Å². The summed E-state index contributed by atoms with van der Waals surface area (Å²) in [6.07, 6.45) is 9.03. The molecule has 2 N–H and O–H groups in total. The number of amides is 1. The molecule has 8 nitrogen and oxygen atoms in total. The van der Waals surface area contributed by atoms with E-state index in [-0.39, 0.29) is 11.5 Å². The first-order valence-electron chi connectivity index (χ1n) is 11.8. The van der Waals surface area contributed by atoms with Crippen LogP contribution in [-0.4, -0.2) is 32.1 Å². The maximum absolute atomic E-state index is 12.0. The van der Waals surface area contributed by atoms with Gasteiger partial charge in [-0.3, -0.25) is 9.59 Å². The Morgan fingerprint density at radius 1 is 1.03 bits per heavy atom. The topological polar surface area (TPSA) is 114 Å². The standard InChI is InChI=1S/C18H23N3O2.C8H6N2O/c22-17(19-13-7-2-1-3-8-13)12-6-11-16-20-15-10-5-4-9-14(15)18(23)21-16;1-2-4-7(5-3-1)8-10-9-6-11-8/h4-5,9-10,13H,1-3,6-8,11-12H2,(H,19,22)(H,20,21,23);1-6H. The highest BCUT2D eigenvalue weighted by Crippen LogP contribution is 2.17. The summed E-state index contributed by atoms with van der Waals surface area (Å²) in [5.74, 6) is 1.32. The average molecular weight is 460 g/mol. The van der Waals surface area contributed by atoms with Gasteiger partial charge in [0.05, 0.1) is 10.9 Å². The highest BCUT2D eigenvalue weighted by atomic mass is 16.4. The Morgan fingerprint density at radius 2 is 1.79 bits per heavy atom. The van der Waals surface area contributed by atoms with Crippen LogP contribution in [0.4, 0.5) is 0 Å². The summed E-state index contributed by atoms with van der Waals surface area (Å²) in [6, 6.07) is 17.3. The van der Waals surface area contributed by atoms with Gasteiger partial charge in [-0.05, 0) is 43.5 Å². The predicted molar refractivity (Wildman–Crippen MR) is 130 cm³/mol. The van der Waals surface area contributed by atoms with Crippen molar-refractivity contribution in [3.05, 3.63) is 77.2 Å². The third kappa shape index (κ3) is 6.60. The van der Waals surface area contributed by atoms with Crippen LogP contribution in [0, 0.1) is 0 Å². The smallest absolute Gasteiger partial charge is 0.258 e. The van der Waals surface area contributed by atoms with Gasteiger partial charge >= 0.3 is 0 Å². The van der Waals surface area contributed by atoms with Crippen molar-refractivity contribution in [2.24, 2.45) is 0 Å². The van der Waals surface area contributed by atoms with Gasteiger partial charge in [0.15, 0.2) is 0 Å². The van der Waals surface area contributed by atoms with Crippen LogP contribution in [0.25, 0.3) is 22.4 Å². The third-order valence-electron chi connectivity index (χ3n) is 5.83. The van der Waals surface area contributed by atoms with Crippen molar-refractivity contribution in [3.63, 3.8) is 0 Å². The minimum absolute atomic E-state index is 0.111. The lowest BCUT2D eigenvalue weighted by Crippen LogP contribution is -2.36. The Morgan fingerprint density at radius 3 is 2.56 bits per heavy atom. The van der Waals surface area contributed by atoms with Crippen LogP contribution in [0.15, 0.2) is 70.2 Å². The Balaban J connectivity index is 0.000000207. The number of para-hydroxylation sites is 1. The number of carbonyl (C=O) groups excluding carboxylic acids is 1. The van der Waals surface area contributed by atoms with Crippen LogP contribution in [0.1, 0.15) is 50.8 Å². The molecule has 0 bridgehead atoms. The Labute approximate surface area is 197 Å². The molecule has 0 aliphatic heterocycles. The molecule has 1 fully saturated rings. The molecule has 2 aromatic heterocycles. The summed E-state index contributed by atoms with van der Waals surface area (Å²) < 4.78 is 5.00. The van der Waals surface area contributed by atoms with E-state index in [0.717, 1.165) is 18.4 Å². The number of carbonyl (C=O) groups is 1. The molecule has 1 saturated carbocycles. The zero-order valence-electron chi connectivity index (χ0n) is 19.1. The van der Waals surface area contributed by atoms with Crippen molar-refractivity contribution in [2.45, 2.75) is 57.4 Å². The minimum Gasteiger partial charge on any atom is -0.423 e. The maximum atomic E-state index is 12.0. The van der Waals surface area contributed by atoms with Gasteiger partial charge in [0.25, 0.3) is 5.56 Å². The molecule has 0 unspecified atom stereocenters. The first kappa shape index (κ1) is 23.4. The number of hydrogen-bond donors (Lipinski definition) is 2. The van der Waals surface area contributed by atoms with E-state index >= 15 is 0 Å². The molecule has 0 saturated heterocycles. The minimum atomic E-state index is -0.114. The Bertz CT molecular complexity index is 1230. The van der Waals surface area contributed by atoms with E-state index in [9.17, 15) is 9.59 Å². The quantitative estimate of drug-likeness (QED) is 0.441. The number of rotatable bonds is 6. The van der Waals surface area contributed by atoms with Gasteiger partial charge in [-0.1, -0.05) is 49.6 Å². The van der Waals surface area contributed by atoms with Gasteiger partial charge < -0.3 is 14.7 Å². The summed E-state index contributed by atoms with van der Waals surface area (Å²) in [6.45, 7) is 0. The molecule has 0 radical (unpaired) electrons. The SMILES string of the molecule is O=C(CCCc1nc2ccccc2c(=O)[nH]1)NC1CCCCC1.c1ccc(-c2nnco2)cc1. The Kier molecular flexibility index (Phi) is 8.16. The number of fused-ring (bicyclic) bond motifs is 1. The summed E-state index contributed by atoms with van der Waals surface area (Å²) in [5.41, 5.74) is 1.54. The van der Waals surface area contributed by atoms with Crippen molar-refractivity contribution in [2.75, 3.05) is 0 Å². The molecule has 1 aliphatic carbocycles. The zero-order valence-corrected chi connectivity index (χ0v) is 19.1. The molecule has 2 heterocycles. The van der Waals surface area contributed by atoms with Crippen molar-refractivity contribution >= 4 is 16.8 Å².